The van der Waals surface area contributed by atoms with Crippen LogP contribution in [0.2, 0.25) is 10.0 Å². The van der Waals surface area contributed by atoms with Crippen molar-refractivity contribution in [1.82, 2.24) is 20.2 Å². The van der Waals surface area contributed by atoms with E-state index in [-0.39, 0.29) is 39.2 Å². The number of aromatic nitrogens is 2. The van der Waals surface area contributed by atoms with Gasteiger partial charge >= 0.3 is 18.0 Å². The molecule has 0 bridgehead atoms. The first-order valence-electron chi connectivity index (χ1n) is 14.0. The third kappa shape index (κ3) is 9.47. The molecule has 0 aliphatic carbocycles. The minimum absolute atomic E-state index is 0.0447. The molecule has 13 nitrogen and oxygen atoms in total. The van der Waals surface area contributed by atoms with E-state index in [0.29, 0.717) is 0 Å². The summed E-state index contributed by atoms with van der Waals surface area (Å²) in [7, 11) is 0. The molecule has 48 heavy (non-hydrogen) atoms. The molecule has 16 heteroatoms. The highest BCUT2D eigenvalue weighted by Crippen LogP contribution is 2.25. The highest BCUT2D eigenvalue weighted by Gasteiger charge is 2.27. The zero-order valence-corrected chi connectivity index (χ0v) is 26.3. The van der Waals surface area contributed by atoms with Crippen LogP contribution in [0.15, 0.2) is 83.8 Å². The Morgan fingerprint density at radius 1 is 0.938 bits per heavy atom. The average Bonchev–Trinajstić information content (AvgIpc) is 3.05. The van der Waals surface area contributed by atoms with Crippen LogP contribution in [0.3, 0.4) is 0 Å². The average molecular weight is 698 g/mol. The number of urea groups is 1. The second-order valence-electron chi connectivity index (χ2n) is 10.0. The lowest BCUT2D eigenvalue weighted by atomic mass is 10.1. The lowest BCUT2D eigenvalue weighted by molar-refractivity contribution is -0.140. The summed E-state index contributed by atoms with van der Waals surface area (Å²) in [5, 5.41) is 16.5. The number of carboxylic acids is 1. The molecule has 248 valence electrons. The van der Waals surface area contributed by atoms with Crippen LogP contribution in [0.1, 0.15) is 22.3 Å². The second-order valence-corrected chi connectivity index (χ2v) is 10.9. The van der Waals surface area contributed by atoms with Crippen LogP contribution in [0, 0.1) is 5.82 Å². The number of nitrogens with one attached hydrogen (secondary N) is 3. The van der Waals surface area contributed by atoms with Crippen LogP contribution in [0.4, 0.5) is 14.9 Å². The lowest BCUT2D eigenvalue weighted by Crippen LogP contribution is -2.46. The Hall–Kier alpha value is -5.60. The molecule has 1 aromatic heterocycles. The highest BCUT2D eigenvalue weighted by molar-refractivity contribution is 6.39. The molecule has 4 N–H and O–H groups in total. The molecule has 0 aliphatic heterocycles. The smallest absolute Gasteiger partial charge is 0.341 e. The number of Topliss-reactive ketones (excluding diaryl/α,β-unsaturated/α-hetero) is 1. The van der Waals surface area contributed by atoms with Crippen molar-refractivity contribution < 1.29 is 38.2 Å². The van der Waals surface area contributed by atoms with Crippen LogP contribution < -0.4 is 21.5 Å². The van der Waals surface area contributed by atoms with Crippen molar-refractivity contribution in [1.29, 1.82) is 0 Å². The van der Waals surface area contributed by atoms with Crippen LogP contribution in [-0.4, -0.2) is 57.0 Å². The molecule has 1 heterocycles. The van der Waals surface area contributed by atoms with Crippen LogP contribution in [-0.2, 0) is 32.2 Å². The topological polar surface area (TPSA) is 186 Å². The van der Waals surface area contributed by atoms with Gasteiger partial charge in [-0.3, -0.25) is 23.7 Å². The molecule has 0 spiro atoms. The van der Waals surface area contributed by atoms with Gasteiger partial charge in [-0.2, -0.15) is 0 Å². The largest absolute Gasteiger partial charge is 0.481 e. The van der Waals surface area contributed by atoms with Crippen molar-refractivity contribution >= 4 is 58.5 Å². The van der Waals surface area contributed by atoms with E-state index in [1.54, 1.807) is 24.3 Å². The fourth-order valence-electron chi connectivity index (χ4n) is 4.30. The second kappa shape index (κ2) is 16.3. The van der Waals surface area contributed by atoms with Crippen LogP contribution in [0.25, 0.3) is 11.4 Å². The minimum Gasteiger partial charge on any atom is -0.481 e. The molecule has 0 saturated heterocycles. The number of halogens is 3. The van der Waals surface area contributed by atoms with Gasteiger partial charge in [-0.15, -0.1) is 0 Å². The highest BCUT2D eigenvalue weighted by atomic mass is 35.5. The van der Waals surface area contributed by atoms with E-state index in [0.717, 1.165) is 28.5 Å². The number of anilines is 1. The quantitative estimate of drug-likeness (QED) is 0.150. The van der Waals surface area contributed by atoms with Crippen LogP contribution in [0.5, 0.6) is 0 Å². The molecular formula is C32H26Cl2FN5O8. The van der Waals surface area contributed by atoms with Crippen molar-refractivity contribution in [3.63, 3.8) is 0 Å². The van der Waals surface area contributed by atoms with E-state index in [1.807, 2.05) is 6.07 Å². The fourth-order valence-corrected chi connectivity index (χ4v) is 4.86. The third-order valence-electron chi connectivity index (χ3n) is 6.61. The number of rotatable bonds is 13. The number of carboxylic acid groups (broad SMARTS) is 1. The molecule has 0 radical (unpaired) electrons. The van der Waals surface area contributed by atoms with Gasteiger partial charge in [0.1, 0.15) is 29.9 Å². The van der Waals surface area contributed by atoms with Crippen molar-refractivity contribution in [2.24, 2.45) is 0 Å². The molecule has 3 aromatic carbocycles. The summed E-state index contributed by atoms with van der Waals surface area (Å²) in [6, 6.07) is 15.6. The summed E-state index contributed by atoms with van der Waals surface area (Å²) in [6.45, 7) is -1.61. The van der Waals surface area contributed by atoms with Gasteiger partial charge in [-0.25, -0.2) is 19.0 Å². The number of hydrogen-bond acceptors (Lipinski definition) is 8. The molecule has 4 rings (SSSR count). The van der Waals surface area contributed by atoms with Crippen LogP contribution >= 0.6 is 23.2 Å². The third-order valence-corrected chi connectivity index (χ3v) is 7.24. The molecule has 0 unspecified atom stereocenters. The molecule has 3 amide bonds. The Bertz CT molecular complexity index is 1880. The Labute approximate surface area is 281 Å². The number of ketones is 1. The van der Waals surface area contributed by atoms with E-state index in [9.17, 15) is 38.3 Å². The van der Waals surface area contributed by atoms with Crippen molar-refractivity contribution in [3.05, 3.63) is 116 Å². The first-order chi connectivity index (χ1) is 22.9. The first-order valence-corrected chi connectivity index (χ1v) is 14.8. The van der Waals surface area contributed by atoms with E-state index < -0.39 is 66.7 Å². The number of esters is 1. The zero-order chi connectivity index (χ0) is 34.8. The monoisotopic (exact) mass is 697 g/mol. The molecular weight excluding hydrogens is 672 g/mol. The first kappa shape index (κ1) is 35.3. The standard InChI is InChI=1S/C32H26Cl2FN5O8/c33-21-7-4-8-22(34)28(21)31(46)48-17-25(41)23(13-27(43)44)38-26(42)16-40-29(19-9-11-20(35)12-10-19)36-15-24(30(40)45)39-32(47)37-14-18-5-2-1-3-6-18/h1-12,15,23H,13-14,16-17H2,(H,38,42)(H,43,44)(H2,37,39,47)/t23-/m0/s1. The van der Waals surface area contributed by atoms with Gasteiger partial charge in [0.2, 0.25) is 5.91 Å². The molecule has 0 fully saturated rings. The number of amides is 3. The van der Waals surface area contributed by atoms with Gasteiger partial charge < -0.3 is 25.8 Å². The Morgan fingerprint density at radius 3 is 2.25 bits per heavy atom. The molecule has 1 atom stereocenters. The summed E-state index contributed by atoms with van der Waals surface area (Å²) in [5.41, 5.74) is -0.400. The fraction of sp³-hybridized carbons (Fsp3) is 0.156. The van der Waals surface area contributed by atoms with Gasteiger partial charge in [0, 0.05) is 12.1 Å². The zero-order valence-electron chi connectivity index (χ0n) is 24.7. The summed E-state index contributed by atoms with van der Waals surface area (Å²) >= 11 is 12.0. The van der Waals surface area contributed by atoms with E-state index >= 15 is 0 Å². The molecule has 0 saturated carbocycles. The van der Waals surface area contributed by atoms with E-state index in [1.165, 1.54) is 30.3 Å². The summed E-state index contributed by atoms with van der Waals surface area (Å²) in [4.78, 5) is 80.4. The summed E-state index contributed by atoms with van der Waals surface area (Å²) in [6.07, 6.45) is 0.171. The number of nitrogens with zero attached hydrogens (tertiary/aromatic N) is 2. The number of hydrogen-bond donors (Lipinski definition) is 4. The van der Waals surface area contributed by atoms with Crippen molar-refractivity contribution in [3.8, 4) is 11.4 Å². The predicted octanol–water partition coefficient (Wildman–Crippen LogP) is 4.06. The molecule has 4 aromatic rings. The SMILES string of the molecule is O=C(O)C[C@H](NC(=O)Cn1c(-c2ccc(F)cc2)ncc(NC(=O)NCc2ccccc2)c1=O)C(=O)COC(=O)c1c(Cl)cccc1Cl. The van der Waals surface area contributed by atoms with Gasteiger partial charge in [0.15, 0.2) is 12.4 Å². The van der Waals surface area contributed by atoms with Gasteiger partial charge in [-0.1, -0.05) is 59.6 Å². The summed E-state index contributed by atoms with van der Waals surface area (Å²) in [5.74, 6) is -5.20. The maximum Gasteiger partial charge on any atom is 0.341 e. The van der Waals surface area contributed by atoms with Crippen molar-refractivity contribution in [2.45, 2.75) is 25.6 Å². The van der Waals surface area contributed by atoms with Gasteiger partial charge in [-0.05, 0) is 42.0 Å². The number of ether oxygens (including phenoxy) is 1. The van der Waals surface area contributed by atoms with Gasteiger partial charge in [0.05, 0.1) is 28.2 Å². The Kier molecular flexibility index (Phi) is 12.0. The number of carbonyl (C=O) groups is 5. The van der Waals surface area contributed by atoms with E-state index in [2.05, 4.69) is 20.9 Å². The maximum absolute atomic E-state index is 13.6. The maximum atomic E-state index is 13.6. The van der Waals surface area contributed by atoms with Crippen molar-refractivity contribution in [2.75, 3.05) is 11.9 Å². The lowest BCUT2D eigenvalue weighted by Gasteiger charge is -2.18. The predicted molar refractivity (Wildman–Crippen MR) is 172 cm³/mol. The Morgan fingerprint density at radius 2 is 1.60 bits per heavy atom. The number of benzene rings is 3. The number of carbonyl (C=O) groups excluding carboxylic acids is 4. The van der Waals surface area contributed by atoms with Gasteiger partial charge in [0.25, 0.3) is 5.56 Å². The summed E-state index contributed by atoms with van der Waals surface area (Å²) < 4.78 is 19.5. The Balaban J connectivity index is 1.53. The van der Waals surface area contributed by atoms with E-state index in [4.69, 9.17) is 27.9 Å². The number of aliphatic carboxylic acids is 1. The normalized spacial score (nSPS) is 11.2. The minimum atomic E-state index is -1.69. The molecule has 0 aliphatic rings.